The molecule has 1 heterocycles. The second-order valence-electron chi connectivity index (χ2n) is 4.94. The Morgan fingerprint density at radius 1 is 1.50 bits per heavy atom. The van der Waals surface area contributed by atoms with E-state index in [4.69, 9.17) is 0 Å². The van der Waals surface area contributed by atoms with Crippen LogP contribution < -0.4 is 5.32 Å². The average molecular weight is 249 g/mol. The highest BCUT2D eigenvalue weighted by atomic mass is 16.2. The minimum absolute atomic E-state index is 0.0242. The molecule has 18 heavy (non-hydrogen) atoms. The number of carbonyl (C=O) groups is 1. The van der Waals surface area contributed by atoms with Gasteiger partial charge in [0.25, 0.3) is 5.91 Å². The first-order valence-corrected chi connectivity index (χ1v) is 6.50. The predicted octanol–water partition coefficient (Wildman–Crippen LogP) is 2.63. The minimum Gasteiger partial charge on any atom is -0.385 e. The zero-order valence-electron chi connectivity index (χ0n) is 11.7. The zero-order chi connectivity index (χ0) is 13.5. The van der Waals surface area contributed by atoms with E-state index in [1.165, 1.54) is 0 Å². The maximum absolute atomic E-state index is 12.1. The van der Waals surface area contributed by atoms with Crippen LogP contribution in [0.2, 0.25) is 0 Å². The number of pyridine rings is 1. The van der Waals surface area contributed by atoms with Crippen LogP contribution in [-0.2, 0) is 0 Å². The van der Waals surface area contributed by atoms with Crippen LogP contribution in [0.5, 0.6) is 0 Å². The Balaban J connectivity index is 2.73. The van der Waals surface area contributed by atoms with Gasteiger partial charge in [-0.3, -0.25) is 9.78 Å². The number of hydrogen-bond acceptors (Lipinski definition) is 3. The molecule has 0 fully saturated rings. The molecule has 0 saturated heterocycles. The lowest BCUT2D eigenvalue weighted by Gasteiger charge is -2.19. The maximum Gasteiger partial charge on any atom is 0.272 e. The van der Waals surface area contributed by atoms with Gasteiger partial charge in [0, 0.05) is 32.0 Å². The smallest absolute Gasteiger partial charge is 0.272 e. The largest absolute Gasteiger partial charge is 0.385 e. The molecule has 1 aromatic rings. The molecule has 0 atom stereocenters. The van der Waals surface area contributed by atoms with Gasteiger partial charge in [0.15, 0.2) is 0 Å². The van der Waals surface area contributed by atoms with Crippen LogP contribution in [0.3, 0.4) is 0 Å². The Kier molecular flexibility index (Phi) is 5.62. The molecule has 4 heteroatoms. The lowest BCUT2D eigenvalue weighted by atomic mass is 10.2. The van der Waals surface area contributed by atoms with Gasteiger partial charge in [-0.05, 0) is 24.5 Å². The molecule has 0 radical (unpaired) electrons. The molecule has 0 saturated carbocycles. The monoisotopic (exact) mass is 249 g/mol. The Labute approximate surface area is 109 Å². The van der Waals surface area contributed by atoms with E-state index in [2.05, 4.69) is 31.1 Å². The van der Waals surface area contributed by atoms with Crippen molar-refractivity contribution in [1.29, 1.82) is 0 Å². The first-order chi connectivity index (χ1) is 8.54. The lowest BCUT2D eigenvalue weighted by Crippen LogP contribution is -2.30. The summed E-state index contributed by atoms with van der Waals surface area (Å²) in [7, 11) is 1.82. The molecule has 0 aliphatic heterocycles. The maximum atomic E-state index is 12.1. The molecule has 100 valence electrons. The van der Waals surface area contributed by atoms with Crippen molar-refractivity contribution in [2.75, 3.05) is 25.5 Å². The quantitative estimate of drug-likeness (QED) is 0.843. The Morgan fingerprint density at radius 3 is 2.83 bits per heavy atom. The summed E-state index contributed by atoms with van der Waals surface area (Å²) in [6.45, 7) is 7.94. The predicted molar refractivity (Wildman–Crippen MR) is 74.8 cm³/mol. The van der Waals surface area contributed by atoms with Crippen molar-refractivity contribution < 1.29 is 4.79 Å². The normalized spacial score (nSPS) is 10.5. The fourth-order valence-corrected chi connectivity index (χ4v) is 1.75. The molecular formula is C14H23N3O. The Bertz CT molecular complexity index is 390. The summed E-state index contributed by atoms with van der Waals surface area (Å²) in [5.74, 6) is 0.434. The van der Waals surface area contributed by atoms with Gasteiger partial charge in [-0.1, -0.05) is 20.8 Å². The number of aromatic nitrogens is 1. The first kappa shape index (κ1) is 14.5. The van der Waals surface area contributed by atoms with Gasteiger partial charge in [-0.15, -0.1) is 0 Å². The third-order valence-electron chi connectivity index (χ3n) is 2.54. The molecule has 0 unspecified atom stereocenters. The fraction of sp³-hybridized carbons (Fsp3) is 0.571. The van der Waals surface area contributed by atoms with E-state index >= 15 is 0 Å². The van der Waals surface area contributed by atoms with Crippen LogP contribution in [0, 0.1) is 5.92 Å². The van der Waals surface area contributed by atoms with Crippen molar-refractivity contribution in [2.45, 2.75) is 27.2 Å². The summed E-state index contributed by atoms with van der Waals surface area (Å²) in [6, 6.07) is 3.70. The van der Waals surface area contributed by atoms with Crippen LogP contribution in [-0.4, -0.2) is 35.9 Å². The number of hydrogen-bond donors (Lipinski definition) is 1. The van der Waals surface area contributed by atoms with Crippen LogP contribution >= 0.6 is 0 Å². The van der Waals surface area contributed by atoms with E-state index in [0.29, 0.717) is 11.6 Å². The molecule has 0 aromatic carbocycles. The van der Waals surface area contributed by atoms with Gasteiger partial charge in [0.05, 0.1) is 0 Å². The van der Waals surface area contributed by atoms with Gasteiger partial charge in [0.2, 0.25) is 0 Å². The van der Waals surface area contributed by atoms with E-state index in [1.807, 2.05) is 19.2 Å². The SMILES string of the molecule is CCCNc1ccnc(C(=O)N(C)CC(C)C)c1. The number of anilines is 1. The third-order valence-corrected chi connectivity index (χ3v) is 2.54. The molecule has 4 nitrogen and oxygen atoms in total. The lowest BCUT2D eigenvalue weighted by molar-refractivity contribution is 0.0773. The molecule has 1 N–H and O–H groups in total. The van der Waals surface area contributed by atoms with E-state index in [0.717, 1.165) is 25.2 Å². The zero-order valence-corrected chi connectivity index (χ0v) is 11.7. The van der Waals surface area contributed by atoms with Crippen molar-refractivity contribution in [3.8, 4) is 0 Å². The molecule has 1 rings (SSSR count). The van der Waals surface area contributed by atoms with Crippen LogP contribution in [0.25, 0.3) is 0 Å². The highest BCUT2D eigenvalue weighted by molar-refractivity contribution is 5.92. The van der Waals surface area contributed by atoms with Crippen molar-refractivity contribution in [3.05, 3.63) is 24.0 Å². The fourth-order valence-electron chi connectivity index (χ4n) is 1.75. The van der Waals surface area contributed by atoms with E-state index in [1.54, 1.807) is 11.1 Å². The molecule has 1 aromatic heterocycles. The van der Waals surface area contributed by atoms with Gasteiger partial charge in [-0.2, -0.15) is 0 Å². The van der Waals surface area contributed by atoms with Crippen LogP contribution in [0.15, 0.2) is 18.3 Å². The summed E-state index contributed by atoms with van der Waals surface area (Å²) in [6.07, 6.45) is 2.73. The van der Waals surface area contributed by atoms with E-state index < -0.39 is 0 Å². The standard InChI is InChI=1S/C14H23N3O/c1-5-7-15-12-6-8-16-13(9-12)14(18)17(4)10-11(2)3/h6,8-9,11H,5,7,10H2,1-4H3,(H,15,16). The second kappa shape index (κ2) is 6.99. The second-order valence-corrected chi connectivity index (χ2v) is 4.94. The first-order valence-electron chi connectivity index (χ1n) is 6.50. The average Bonchev–Trinajstić information content (AvgIpc) is 2.35. The van der Waals surface area contributed by atoms with Gasteiger partial charge in [-0.25, -0.2) is 0 Å². The Morgan fingerprint density at radius 2 is 2.22 bits per heavy atom. The summed E-state index contributed by atoms with van der Waals surface area (Å²) in [5, 5.41) is 3.26. The topological polar surface area (TPSA) is 45.2 Å². The van der Waals surface area contributed by atoms with E-state index in [9.17, 15) is 4.79 Å². The van der Waals surface area contributed by atoms with E-state index in [-0.39, 0.29) is 5.91 Å². The third kappa shape index (κ3) is 4.35. The molecule has 0 aliphatic carbocycles. The summed E-state index contributed by atoms with van der Waals surface area (Å²) >= 11 is 0. The summed E-state index contributed by atoms with van der Waals surface area (Å²) in [4.78, 5) is 18.0. The summed E-state index contributed by atoms with van der Waals surface area (Å²) in [5.41, 5.74) is 1.45. The van der Waals surface area contributed by atoms with Gasteiger partial charge < -0.3 is 10.2 Å². The minimum atomic E-state index is -0.0242. The summed E-state index contributed by atoms with van der Waals surface area (Å²) < 4.78 is 0. The van der Waals surface area contributed by atoms with Crippen LogP contribution in [0.1, 0.15) is 37.7 Å². The Hall–Kier alpha value is -1.58. The molecular weight excluding hydrogens is 226 g/mol. The number of nitrogens with one attached hydrogen (secondary N) is 1. The molecule has 1 amide bonds. The van der Waals surface area contributed by atoms with Gasteiger partial charge >= 0.3 is 0 Å². The van der Waals surface area contributed by atoms with Crippen LogP contribution in [0.4, 0.5) is 5.69 Å². The highest BCUT2D eigenvalue weighted by Crippen LogP contribution is 2.10. The van der Waals surface area contributed by atoms with Crippen molar-refractivity contribution in [2.24, 2.45) is 5.92 Å². The number of nitrogens with zero attached hydrogens (tertiary/aromatic N) is 2. The number of rotatable bonds is 6. The number of amides is 1. The number of carbonyl (C=O) groups excluding carboxylic acids is 1. The molecule has 0 aliphatic rings. The van der Waals surface area contributed by atoms with Crippen molar-refractivity contribution in [3.63, 3.8) is 0 Å². The molecule has 0 bridgehead atoms. The van der Waals surface area contributed by atoms with Gasteiger partial charge in [0.1, 0.15) is 5.69 Å². The van der Waals surface area contributed by atoms with Crippen molar-refractivity contribution in [1.82, 2.24) is 9.88 Å². The van der Waals surface area contributed by atoms with Crippen molar-refractivity contribution >= 4 is 11.6 Å². The highest BCUT2D eigenvalue weighted by Gasteiger charge is 2.14. The molecule has 0 spiro atoms.